The van der Waals surface area contributed by atoms with E-state index in [4.69, 9.17) is 9.84 Å². The monoisotopic (exact) mass is 284 g/mol. The van der Waals surface area contributed by atoms with Crippen LogP contribution in [0, 0.1) is 0 Å². The van der Waals surface area contributed by atoms with Crippen molar-refractivity contribution in [1.29, 1.82) is 0 Å². The van der Waals surface area contributed by atoms with E-state index >= 15 is 0 Å². The lowest BCUT2D eigenvalue weighted by atomic mass is 9.95. The maximum atomic E-state index is 12.4. The Bertz CT molecular complexity index is 662. The average Bonchev–Trinajstić information content (AvgIpc) is 2.53. The summed E-state index contributed by atoms with van der Waals surface area (Å²) in [6.07, 6.45) is 0. The molecule has 0 aliphatic rings. The van der Waals surface area contributed by atoms with E-state index in [9.17, 15) is 9.59 Å². The van der Waals surface area contributed by atoms with Gasteiger partial charge in [-0.1, -0.05) is 30.3 Å². The van der Waals surface area contributed by atoms with Crippen LogP contribution >= 0.6 is 0 Å². The molecule has 2 rings (SSSR count). The number of ether oxygens (including phenoxy) is 1. The second kappa shape index (κ2) is 6.22. The molecule has 0 heterocycles. The van der Waals surface area contributed by atoms with E-state index in [1.165, 1.54) is 7.11 Å². The number of carboxylic acid groups (broad SMARTS) is 1. The molecular weight excluding hydrogens is 268 g/mol. The number of carboxylic acids is 1. The highest BCUT2D eigenvalue weighted by atomic mass is 16.5. The highest BCUT2D eigenvalue weighted by molar-refractivity contribution is 6.09. The van der Waals surface area contributed by atoms with E-state index in [1.807, 2.05) is 6.07 Å². The molecule has 0 unspecified atom stereocenters. The number of benzene rings is 2. The third-order valence-corrected chi connectivity index (χ3v) is 3.36. The summed E-state index contributed by atoms with van der Waals surface area (Å²) in [5.41, 5.74) is 1.51. The molecule has 0 aromatic heterocycles. The maximum Gasteiger partial charge on any atom is 0.310 e. The predicted molar refractivity (Wildman–Crippen MR) is 78.9 cm³/mol. The smallest absolute Gasteiger partial charge is 0.310 e. The van der Waals surface area contributed by atoms with Gasteiger partial charge >= 0.3 is 5.97 Å². The van der Waals surface area contributed by atoms with Crippen molar-refractivity contribution in [3.05, 3.63) is 65.2 Å². The minimum atomic E-state index is -0.961. The maximum absolute atomic E-state index is 12.4. The number of hydrogen-bond donors (Lipinski definition) is 1. The van der Waals surface area contributed by atoms with Crippen LogP contribution < -0.4 is 4.74 Å². The first-order chi connectivity index (χ1) is 10.0. The topological polar surface area (TPSA) is 63.6 Å². The van der Waals surface area contributed by atoms with Gasteiger partial charge in [-0.2, -0.15) is 0 Å². The summed E-state index contributed by atoms with van der Waals surface area (Å²) in [6, 6.07) is 13.7. The van der Waals surface area contributed by atoms with Gasteiger partial charge < -0.3 is 9.84 Å². The van der Waals surface area contributed by atoms with Gasteiger partial charge in [-0.25, -0.2) is 0 Å². The van der Waals surface area contributed by atoms with Crippen molar-refractivity contribution in [2.24, 2.45) is 0 Å². The van der Waals surface area contributed by atoms with Crippen LogP contribution in [0.3, 0.4) is 0 Å². The number of hydrogen-bond acceptors (Lipinski definition) is 3. The zero-order valence-electron chi connectivity index (χ0n) is 11.9. The van der Waals surface area contributed by atoms with Gasteiger partial charge in [-0.05, 0) is 25.1 Å². The second-order valence-electron chi connectivity index (χ2n) is 4.71. The SMILES string of the molecule is COc1ccc(C(=O)c2ccccc2)cc1[C@@H](C)C(=O)O. The van der Waals surface area contributed by atoms with Gasteiger partial charge in [0.2, 0.25) is 0 Å². The van der Waals surface area contributed by atoms with Gasteiger partial charge in [0.25, 0.3) is 0 Å². The molecule has 0 spiro atoms. The van der Waals surface area contributed by atoms with Gasteiger partial charge in [-0.15, -0.1) is 0 Å². The normalized spacial score (nSPS) is 11.7. The first kappa shape index (κ1) is 14.8. The van der Waals surface area contributed by atoms with Crippen LogP contribution in [0.1, 0.15) is 34.3 Å². The van der Waals surface area contributed by atoms with E-state index in [2.05, 4.69) is 0 Å². The molecule has 1 atom stereocenters. The van der Waals surface area contributed by atoms with Crippen LogP contribution in [0.15, 0.2) is 48.5 Å². The number of rotatable bonds is 5. The molecule has 0 saturated heterocycles. The minimum Gasteiger partial charge on any atom is -0.496 e. The standard InChI is InChI=1S/C17H16O4/c1-11(17(19)20)14-10-13(8-9-15(14)21-2)16(18)12-6-4-3-5-7-12/h3-11H,1-2H3,(H,19,20)/t11-/m1/s1. The summed E-state index contributed by atoms with van der Waals surface area (Å²) < 4.78 is 5.18. The van der Waals surface area contributed by atoms with Crippen LogP contribution in [-0.2, 0) is 4.79 Å². The van der Waals surface area contributed by atoms with Crippen LogP contribution in [0.5, 0.6) is 5.75 Å². The summed E-state index contributed by atoms with van der Waals surface area (Å²) in [6.45, 7) is 1.57. The Hall–Kier alpha value is -2.62. The molecule has 0 amide bonds. The first-order valence-electron chi connectivity index (χ1n) is 6.55. The lowest BCUT2D eigenvalue weighted by Crippen LogP contribution is -2.11. The fraction of sp³-hybridized carbons (Fsp3) is 0.176. The third kappa shape index (κ3) is 3.11. The van der Waals surface area contributed by atoms with Crippen molar-refractivity contribution in [3.8, 4) is 5.75 Å². The molecule has 4 heteroatoms. The molecule has 1 N–H and O–H groups in total. The number of ketones is 1. The molecular formula is C17H16O4. The molecule has 0 aliphatic heterocycles. The highest BCUT2D eigenvalue weighted by Gasteiger charge is 2.20. The summed E-state index contributed by atoms with van der Waals surface area (Å²) in [7, 11) is 1.48. The first-order valence-corrected chi connectivity index (χ1v) is 6.55. The quantitative estimate of drug-likeness (QED) is 0.857. The lowest BCUT2D eigenvalue weighted by molar-refractivity contribution is -0.138. The predicted octanol–water partition coefficient (Wildman–Crippen LogP) is 3.11. The fourth-order valence-corrected chi connectivity index (χ4v) is 2.10. The second-order valence-corrected chi connectivity index (χ2v) is 4.71. The molecule has 0 fully saturated rings. The molecule has 108 valence electrons. The largest absolute Gasteiger partial charge is 0.496 e. The lowest BCUT2D eigenvalue weighted by Gasteiger charge is -2.13. The van der Waals surface area contributed by atoms with Crippen LogP contribution in [0.4, 0.5) is 0 Å². The molecule has 0 bridgehead atoms. The summed E-state index contributed by atoms with van der Waals surface area (Å²) in [4.78, 5) is 23.6. The van der Waals surface area contributed by atoms with Gasteiger partial charge in [0, 0.05) is 16.7 Å². The van der Waals surface area contributed by atoms with E-state index < -0.39 is 11.9 Å². The van der Waals surface area contributed by atoms with E-state index in [0.29, 0.717) is 22.4 Å². The van der Waals surface area contributed by atoms with E-state index in [0.717, 1.165) is 0 Å². The van der Waals surface area contributed by atoms with Crippen molar-refractivity contribution in [2.45, 2.75) is 12.8 Å². The summed E-state index contributed by atoms with van der Waals surface area (Å²) >= 11 is 0. The van der Waals surface area contributed by atoms with Crippen molar-refractivity contribution >= 4 is 11.8 Å². The van der Waals surface area contributed by atoms with Crippen molar-refractivity contribution in [1.82, 2.24) is 0 Å². The van der Waals surface area contributed by atoms with Crippen molar-refractivity contribution in [3.63, 3.8) is 0 Å². The van der Waals surface area contributed by atoms with Crippen LogP contribution in [0.25, 0.3) is 0 Å². The Balaban J connectivity index is 2.45. The Kier molecular flexibility index (Phi) is 4.38. The Morgan fingerprint density at radius 3 is 2.29 bits per heavy atom. The molecule has 0 aliphatic carbocycles. The summed E-state index contributed by atoms with van der Waals surface area (Å²) in [5, 5.41) is 9.16. The van der Waals surface area contributed by atoms with E-state index in [1.54, 1.807) is 49.4 Å². The third-order valence-electron chi connectivity index (χ3n) is 3.36. The molecule has 2 aromatic rings. The molecule has 0 saturated carbocycles. The van der Waals surface area contributed by atoms with Gasteiger partial charge in [0.05, 0.1) is 13.0 Å². The highest BCUT2D eigenvalue weighted by Crippen LogP contribution is 2.28. The number of carbonyl (C=O) groups excluding carboxylic acids is 1. The van der Waals surface area contributed by atoms with Crippen molar-refractivity contribution in [2.75, 3.05) is 7.11 Å². The van der Waals surface area contributed by atoms with Gasteiger partial charge in [0.1, 0.15) is 5.75 Å². The minimum absolute atomic E-state index is 0.142. The molecule has 0 radical (unpaired) electrons. The Morgan fingerprint density at radius 1 is 1.05 bits per heavy atom. The summed E-state index contributed by atoms with van der Waals surface area (Å²) in [5.74, 6) is -1.38. The molecule has 21 heavy (non-hydrogen) atoms. The fourth-order valence-electron chi connectivity index (χ4n) is 2.10. The number of carbonyl (C=O) groups is 2. The Morgan fingerprint density at radius 2 is 1.71 bits per heavy atom. The number of aliphatic carboxylic acids is 1. The zero-order chi connectivity index (χ0) is 15.4. The van der Waals surface area contributed by atoms with E-state index in [-0.39, 0.29) is 5.78 Å². The van der Waals surface area contributed by atoms with Gasteiger partial charge in [-0.3, -0.25) is 9.59 Å². The van der Waals surface area contributed by atoms with Crippen LogP contribution in [-0.4, -0.2) is 24.0 Å². The van der Waals surface area contributed by atoms with Gasteiger partial charge in [0.15, 0.2) is 5.78 Å². The number of methoxy groups -OCH3 is 1. The zero-order valence-corrected chi connectivity index (χ0v) is 11.9. The average molecular weight is 284 g/mol. The molecule has 4 nitrogen and oxygen atoms in total. The van der Waals surface area contributed by atoms with Crippen molar-refractivity contribution < 1.29 is 19.4 Å². The van der Waals surface area contributed by atoms with Crippen LogP contribution in [0.2, 0.25) is 0 Å². The molecule has 2 aromatic carbocycles. The Labute approximate surface area is 123 Å².